The van der Waals surface area contributed by atoms with Crippen molar-refractivity contribution < 1.29 is 0 Å². The van der Waals surface area contributed by atoms with Gasteiger partial charge in [0, 0.05) is 32.9 Å². The quantitative estimate of drug-likeness (QED) is 0.692. The second-order valence-electron chi connectivity index (χ2n) is 3.19. The summed E-state index contributed by atoms with van der Waals surface area (Å²) in [5.41, 5.74) is 12.2. The van der Waals surface area contributed by atoms with E-state index in [1.54, 1.807) is 6.20 Å². The second-order valence-corrected chi connectivity index (χ2v) is 3.19. The molecule has 0 aromatic carbocycles. The van der Waals surface area contributed by atoms with Crippen molar-refractivity contribution in [3.8, 4) is 0 Å². The summed E-state index contributed by atoms with van der Waals surface area (Å²) in [5, 5.41) is 0. The molecule has 1 rings (SSSR count). The molecule has 1 aromatic rings. The van der Waals surface area contributed by atoms with Gasteiger partial charge in [0.2, 0.25) is 0 Å². The summed E-state index contributed by atoms with van der Waals surface area (Å²) in [6.45, 7) is 0.447. The molecule has 4 N–H and O–H groups in total. The highest BCUT2D eigenvalue weighted by atomic mass is 15.1. The molecule has 0 bridgehead atoms. The highest BCUT2D eigenvalue weighted by molar-refractivity contribution is 5.37. The highest BCUT2D eigenvalue weighted by Gasteiger charge is 2.03. The van der Waals surface area contributed by atoms with E-state index in [-0.39, 0.29) is 6.04 Å². The van der Waals surface area contributed by atoms with Crippen LogP contribution in [0.3, 0.4) is 0 Å². The summed E-state index contributed by atoms with van der Waals surface area (Å²) in [7, 11) is 3.90. The summed E-state index contributed by atoms with van der Waals surface area (Å²) >= 11 is 0. The van der Waals surface area contributed by atoms with Gasteiger partial charge in [-0.15, -0.1) is 0 Å². The Morgan fingerprint density at radius 3 is 2.54 bits per heavy atom. The molecule has 0 aliphatic rings. The Hall–Kier alpha value is -1.13. The van der Waals surface area contributed by atoms with Gasteiger partial charge in [-0.2, -0.15) is 0 Å². The second kappa shape index (κ2) is 4.20. The van der Waals surface area contributed by atoms with Gasteiger partial charge in [-0.25, -0.2) is 4.98 Å². The molecule has 0 saturated carbocycles. The molecule has 4 nitrogen and oxygen atoms in total. The van der Waals surface area contributed by atoms with Crippen molar-refractivity contribution in [2.45, 2.75) is 6.04 Å². The first-order chi connectivity index (χ1) is 6.15. The van der Waals surface area contributed by atoms with E-state index in [2.05, 4.69) is 4.98 Å². The molecular weight excluding hydrogens is 164 g/mol. The van der Waals surface area contributed by atoms with Crippen molar-refractivity contribution in [2.75, 3.05) is 25.5 Å². The number of rotatable bonds is 3. The average molecular weight is 180 g/mol. The monoisotopic (exact) mass is 180 g/mol. The summed E-state index contributed by atoms with van der Waals surface area (Å²) in [5.74, 6) is 0.924. The van der Waals surface area contributed by atoms with Gasteiger partial charge < -0.3 is 16.4 Å². The van der Waals surface area contributed by atoms with Crippen LogP contribution in [0.1, 0.15) is 11.6 Å². The van der Waals surface area contributed by atoms with Crippen molar-refractivity contribution in [1.29, 1.82) is 0 Å². The minimum Gasteiger partial charge on any atom is -0.363 e. The van der Waals surface area contributed by atoms with Crippen LogP contribution in [0, 0.1) is 0 Å². The summed E-state index contributed by atoms with van der Waals surface area (Å²) < 4.78 is 0. The fourth-order valence-electron chi connectivity index (χ4n) is 1.02. The number of nitrogens with zero attached hydrogens (tertiary/aromatic N) is 2. The lowest BCUT2D eigenvalue weighted by molar-refractivity contribution is 0.732. The predicted molar refractivity (Wildman–Crippen MR) is 54.5 cm³/mol. The molecule has 0 amide bonds. The van der Waals surface area contributed by atoms with Crippen LogP contribution in [0.2, 0.25) is 0 Å². The van der Waals surface area contributed by atoms with Gasteiger partial charge in [-0.3, -0.25) is 0 Å². The number of nitrogens with two attached hydrogens (primary N) is 2. The normalized spacial score (nSPS) is 12.6. The Balaban J connectivity index is 2.81. The number of hydrogen-bond acceptors (Lipinski definition) is 4. The first kappa shape index (κ1) is 9.95. The van der Waals surface area contributed by atoms with Crippen LogP contribution in [0.4, 0.5) is 5.82 Å². The summed E-state index contributed by atoms with van der Waals surface area (Å²) in [4.78, 5) is 6.18. The third kappa shape index (κ3) is 2.40. The van der Waals surface area contributed by atoms with Crippen LogP contribution in [-0.2, 0) is 0 Å². The molecule has 1 heterocycles. The molecule has 1 atom stereocenters. The van der Waals surface area contributed by atoms with Crippen LogP contribution >= 0.6 is 0 Å². The Labute approximate surface area is 78.6 Å². The number of anilines is 1. The van der Waals surface area contributed by atoms with E-state index >= 15 is 0 Å². The van der Waals surface area contributed by atoms with Crippen LogP contribution in [0.5, 0.6) is 0 Å². The Bertz CT molecular complexity index is 255. The highest BCUT2D eigenvalue weighted by Crippen LogP contribution is 2.11. The average Bonchev–Trinajstić information content (AvgIpc) is 2.17. The minimum absolute atomic E-state index is 0.108. The predicted octanol–water partition coefficient (Wildman–Crippen LogP) is 0.106. The minimum atomic E-state index is -0.108. The fourth-order valence-corrected chi connectivity index (χ4v) is 1.02. The van der Waals surface area contributed by atoms with Gasteiger partial charge >= 0.3 is 0 Å². The van der Waals surface area contributed by atoms with E-state index in [1.165, 1.54) is 0 Å². The third-order valence-electron chi connectivity index (χ3n) is 1.91. The van der Waals surface area contributed by atoms with Crippen molar-refractivity contribution in [2.24, 2.45) is 11.5 Å². The molecule has 0 aliphatic carbocycles. The van der Waals surface area contributed by atoms with Crippen molar-refractivity contribution >= 4 is 5.82 Å². The first-order valence-corrected chi connectivity index (χ1v) is 4.24. The maximum atomic E-state index is 5.74. The molecule has 0 unspecified atom stereocenters. The number of hydrogen-bond donors (Lipinski definition) is 2. The zero-order chi connectivity index (χ0) is 9.84. The number of pyridine rings is 1. The van der Waals surface area contributed by atoms with Crippen molar-refractivity contribution in [3.05, 3.63) is 23.9 Å². The Morgan fingerprint density at radius 1 is 1.46 bits per heavy atom. The largest absolute Gasteiger partial charge is 0.363 e. The molecule has 0 saturated heterocycles. The van der Waals surface area contributed by atoms with Crippen LogP contribution in [0.15, 0.2) is 18.3 Å². The van der Waals surface area contributed by atoms with E-state index in [1.807, 2.05) is 31.1 Å². The van der Waals surface area contributed by atoms with E-state index in [4.69, 9.17) is 11.5 Å². The molecule has 72 valence electrons. The lowest BCUT2D eigenvalue weighted by Crippen LogP contribution is -2.21. The first-order valence-electron chi connectivity index (χ1n) is 4.24. The van der Waals surface area contributed by atoms with Gasteiger partial charge in [0.15, 0.2) is 0 Å². The Morgan fingerprint density at radius 2 is 2.15 bits per heavy atom. The molecular formula is C9H16N4. The molecule has 1 aromatic heterocycles. The van der Waals surface area contributed by atoms with Crippen LogP contribution in [0.25, 0.3) is 0 Å². The SMILES string of the molecule is CN(C)c1ccc([C@@H](N)CN)cn1. The fraction of sp³-hybridized carbons (Fsp3) is 0.444. The molecule has 0 radical (unpaired) electrons. The zero-order valence-corrected chi connectivity index (χ0v) is 8.07. The molecule has 0 spiro atoms. The lowest BCUT2D eigenvalue weighted by Gasteiger charge is -2.13. The van der Waals surface area contributed by atoms with Crippen LogP contribution < -0.4 is 16.4 Å². The van der Waals surface area contributed by atoms with Crippen molar-refractivity contribution in [3.63, 3.8) is 0 Å². The van der Waals surface area contributed by atoms with Crippen LogP contribution in [-0.4, -0.2) is 25.6 Å². The molecule has 4 heteroatoms. The topological polar surface area (TPSA) is 68.2 Å². The molecule has 0 fully saturated rings. The van der Waals surface area contributed by atoms with E-state index < -0.39 is 0 Å². The van der Waals surface area contributed by atoms with E-state index in [0.29, 0.717) is 6.54 Å². The maximum Gasteiger partial charge on any atom is 0.127 e. The number of aromatic nitrogens is 1. The van der Waals surface area contributed by atoms with E-state index in [9.17, 15) is 0 Å². The third-order valence-corrected chi connectivity index (χ3v) is 1.91. The molecule has 0 aliphatic heterocycles. The van der Waals surface area contributed by atoms with Gasteiger partial charge in [0.05, 0.1) is 0 Å². The smallest absolute Gasteiger partial charge is 0.127 e. The van der Waals surface area contributed by atoms with Gasteiger partial charge in [0.1, 0.15) is 5.82 Å². The van der Waals surface area contributed by atoms with Gasteiger partial charge in [-0.1, -0.05) is 6.07 Å². The van der Waals surface area contributed by atoms with Gasteiger partial charge in [0.25, 0.3) is 0 Å². The summed E-state index contributed by atoms with van der Waals surface area (Å²) in [6, 6.07) is 3.79. The standard InChI is InChI=1S/C9H16N4/c1-13(2)9-4-3-7(6-12-9)8(11)5-10/h3-4,6,8H,5,10-11H2,1-2H3/t8-/m0/s1. The maximum absolute atomic E-state index is 5.74. The Kier molecular flexibility index (Phi) is 3.22. The van der Waals surface area contributed by atoms with E-state index in [0.717, 1.165) is 11.4 Å². The lowest BCUT2D eigenvalue weighted by atomic mass is 10.1. The molecule has 13 heavy (non-hydrogen) atoms. The van der Waals surface area contributed by atoms with Crippen molar-refractivity contribution in [1.82, 2.24) is 4.98 Å². The van der Waals surface area contributed by atoms with Gasteiger partial charge in [-0.05, 0) is 11.6 Å². The summed E-state index contributed by atoms with van der Waals surface area (Å²) in [6.07, 6.45) is 1.77. The zero-order valence-electron chi connectivity index (χ0n) is 8.07.